The molecule has 6 rings (SSSR count). The summed E-state index contributed by atoms with van der Waals surface area (Å²) in [6.45, 7) is 10.00. The molecule has 10 nitrogen and oxygen atoms in total. The first-order chi connectivity index (χ1) is 29.4. The Bertz CT molecular complexity index is 1950. The van der Waals surface area contributed by atoms with Gasteiger partial charge in [0.25, 0.3) is 0 Å². The third-order valence-corrected chi connectivity index (χ3v) is 10.4. The van der Waals surface area contributed by atoms with Crippen LogP contribution in [0.5, 0.6) is 5.88 Å². The van der Waals surface area contributed by atoms with Crippen LogP contribution in [-0.2, 0) is 36.9 Å². The van der Waals surface area contributed by atoms with Crippen molar-refractivity contribution in [2.24, 2.45) is 0 Å². The van der Waals surface area contributed by atoms with E-state index in [4.69, 9.17) is 23.7 Å². The fraction of sp³-hybridized carbons (Fsp3) is 0.375. The van der Waals surface area contributed by atoms with Gasteiger partial charge in [-0.1, -0.05) is 78.9 Å². The molecule has 2 heterocycles. The molecule has 0 atom stereocenters. The molecular weight excluding hydrogens is 767 g/mol. The summed E-state index contributed by atoms with van der Waals surface area (Å²) in [6.07, 6.45) is 2.13. The van der Waals surface area contributed by atoms with E-state index in [9.17, 15) is 13.6 Å². The molecular formula is C48H56F2N4O6. The lowest BCUT2D eigenvalue weighted by Crippen LogP contribution is -2.50. The van der Waals surface area contributed by atoms with Gasteiger partial charge < -0.3 is 33.9 Å². The Morgan fingerprint density at radius 1 is 0.683 bits per heavy atom. The lowest BCUT2D eigenvalue weighted by atomic mass is 9.96. The van der Waals surface area contributed by atoms with Crippen LogP contribution < -0.4 is 10.1 Å². The number of aromatic nitrogens is 1. The molecule has 0 spiro atoms. The Morgan fingerprint density at radius 2 is 1.28 bits per heavy atom. The summed E-state index contributed by atoms with van der Waals surface area (Å²) in [4.78, 5) is 21.4. The average Bonchev–Trinajstić information content (AvgIpc) is 3.28. The number of rotatable bonds is 24. The van der Waals surface area contributed by atoms with E-state index in [0.717, 1.165) is 22.3 Å². The van der Waals surface area contributed by atoms with E-state index in [2.05, 4.69) is 64.6 Å². The Morgan fingerprint density at radius 3 is 1.88 bits per heavy atom. The maximum atomic E-state index is 13.7. The number of hydrogen-bond acceptors (Lipinski definition) is 9. The molecule has 0 unspecified atom stereocenters. The Kier molecular flexibility index (Phi) is 18.0. The summed E-state index contributed by atoms with van der Waals surface area (Å²) in [5.41, 5.74) is 7.66. The van der Waals surface area contributed by atoms with Crippen LogP contribution in [-0.4, -0.2) is 106 Å². The highest BCUT2D eigenvalue weighted by molar-refractivity contribution is 5.76. The minimum absolute atomic E-state index is 0.0448. The number of piperazine rings is 1. The molecule has 12 heteroatoms. The van der Waals surface area contributed by atoms with Gasteiger partial charge in [-0.3, -0.25) is 9.69 Å². The van der Waals surface area contributed by atoms with Gasteiger partial charge in [0.15, 0.2) is 0 Å². The summed E-state index contributed by atoms with van der Waals surface area (Å²) < 4.78 is 55.8. The number of nitrogens with one attached hydrogen (secondary N) is 1. The number of hydrogen-bond donors (Lipinski definition) is 1. The van der Waals surface area contributed by atoms with Crippen molar-refractivity contribution in [3.05, 3.63) is 155 Å². The molecule has 0 aliphatic carbocycles. The van der Waals surface area contributed by atoms with Crippen molar-refractivity contribution in [3.8, 4) is 17.0 Å². The molecule has 0 saturated carbocycles. The lowest BCUT2D eigenvalue weighted by molar-refractivity contribution is -0.134. The van der Waals surface area contributed by atoms with Gasteiger partial charge in [-0.2, -0.15) is 0 Å². The molecule has 4 aromatic carbocycles. The standard InChI is InChI=1S/C48H56F2N4O6/c1-37-42(8-5-9-45(37)39-6-3-2-4-7-39)36-60-46-19-10-38(35-52-46)34-51-21-27-57-29-31-59-33-32-58-30-28-56-26-20-47(55)53-22-24-54(25-23-53)48(40-11-15-43(49)16-12-40)41-13-17-44(50)18-14-41/h2-19,35,48,51H,20-34,36H2,1H3. The third-order valence-electron chi connectivity index (χ3n) is 10.4. The first kappa shape index (κ1) is 44.5. The fourth-order valence-corrected chi connectivity index (χ4v) is 7.11. The molecule has 1 aliphatic rings. The number of halogens is 2. The van der Waals surface area contributed by atoms with E-state index in [-0.39, 0.29) is 23.6 Å². The van der Waals surface area contributed by atoms with Crippen LogP contribution in [0.1, 0.15) is 40.3 Å². The van der Waals surface area contributed by atoms with Gasteiger partial charge in [0.05, 0.1) is 65.3 Å². The Hall–Kier alpha value is -5.08. The molecule has 5 aromatic rings. The predicted octanol–water partition coefficient (Wildman–Crippen LogP) is 7.39. The maximum Gasteiger partial charge on any atom is 0.224 e. The SMILES string of the molecule is Cc1c(COc2ccc(CNCCOCCOCCOCCOCCC(=O)N3CCN(C(c4ccc(F)cc4)c4ccc(F)cc4)CC3)cn2)cccc1-c1ccccc1. The van der Waals surface area contributed by atoms with E-state index in [1.165, 1.54) is 41.0 Å². The molecule has 1 amide bonds. The molecule has 0 radical (unpaired) electrons. The number of carbonyl (C=O) groups is 1. The summed E-state index contributed by atoms with van der Waals surface area (Å²) in [7, 11) is 0. The summed E-state index contributed by atoms with van der Waals surface area (Å²) in [6, 6.07) is 33.2. The third kappa shape index (κ3) is 14.0. The largest absolute Gasteiger partial charge is 0.473 e. The van der Waals surface area contributed by atoms with Crippen molar-refractivity contribution in [3.63, 3.8) is 0 Å². The van der Waals surface area contributed by atoms with Gasteiger partial charge >= 0.3 is 0 Å². The van der Waals surface area contributed by atoms with E-state index in [1.54, 1.807) is 24.3 Å². The normalized spacial score (nSPS) is 13.2. The highest BCUT2D eigenvalue weighted by Gasteiger charge is 2.28. The monoisotopic (exact) mass is 822 g/mol. The average molecular weight is 823 g/mol. The topological polar surface area (TPSA) is 94.6 Å². The van der Waals surface area contributed by atoms with Gasteiger partial charge in [-0.05, 0) is 70.1 Å². The molecule has 0 bridgehead atoms. The highest BCUT2D eigenvalue weighted by Crippen LogP contribution is 2.30. The van der Waals surface area contributed by atoms with Gasteiger partial charge in [0.1, 0.15) is 18.2 Å². The molecule has 1 fully saturated rings. The lowest BCUT2D eigenvalue weighted by Gasteiger charge is -2.40. The molecule has 318 valence electrons. The van der Waals surface area contributed by atoms with Crippen LogP contribution in [0.2, 0.25) is 0 Å². The van der Waals surface area contributed by atoms with Gasteiger partial charge in [-0.15, -0.1) is 0 Å². The second kappa shape index (κ2) is 24.2. The van der Waals surface area contributed by atoms with Crippen LogP contribution >= 0.6 is 0 Å². The summed E-state index contributed by atoms with van der Waals surface area (Å²) >= 11 is 0. The van der Waals surface area contributed by atoms with Gasteiger partial charge in [0, 0.05) is 51.5 Å². The van der Waals surface area contributed by atoms with E-state index >= 15 is 0 Å². The van der Waals surface area contributed by atoms with E-state index in [1.807, 2.05) is 29.3 Å². The maximum absolute atomic E-state index is 13.7. The van der Waals surface area contributed by atoms with E-state index in [0.29, 0.717) is 111 Å². The molecule has 1 N–H and O–H groups in total. The fourth-order valence-electron chi connectivity index (χ4n) is 7.11. The van der Waals surface area contributed by atoms with E-state index < -0.39 is 0 Å². The number of nitrogens with zero attached hydrogens (tertiary/aromatic N) is 3. The summed E-state index contributed by atoms with van der Waals surface area (Å²) in [5.74, 6) is 0.0305. The smallest absolute Gasteiger partial charge is 0.224 e. The zero-order valence-corrected chi connectivity index (χ0v) is 34.4. The predicted molar refractivity (Wildman–Crippen MR) is 228 cm³/mol. The van der Waals surface area contributed by atoms with Crippen molar-refractivity contribution < 1.29 is 37.3 Å². The van der Waals surface area contributed by atoms with Crippen LogP contribution in [0.4, 0.5) is 8.78 Å². The number of pyridine rings is 1. The van der Waals surface area contributed by atoms with Crippen molar-refractivity contribution in [2.75, 3.05) is 85.6 Å². The number of carbonyl (C=O) groups excluding carboxylic acids is 1. The summed E-state index contributed by atoms with van der Waals surface area (Å²) in [5, 5.41) is 3.37. The Balaban J connectivity index is 0.731. The molecule has 1 saturated heterocycles. The number of benzene rings is 4. The number of amides is 1. The van der Waals surface area contributed by atoms with Crippen molar-refractivity contribution >= 4 is 5.91 Å². The number of ether oxygens (including phenoxy) is 5. The minimum Gasteiger partial charge on any atom is -0.473 e. The Labute approximate surface area is 352 Å². The van der Waals surface area contributed by atoms with Gasteiger partial charge in [0.2, 0.25) is 11.8 Å². The first-order valence-corrected chi connectivity index (χ1v) is 20.7. The zero-order valence-electron chi connectivity index (χ0n) is 34.4. The highest BCUT2D eigenvalue weighted by atomic mass is 19.1. The van der Waals surface area contributed by atoms with Crippen LogP contribution in [0.15, 0.2) is 115 Å². The van der Waals surface area contributed by atoms with Crippen molar-refractivity contribution in [1.29, 1.82) is 0 Å². The van der Waals surface area contributed by atoms with Crippen LogP contribution in [0, 0.1) is 18.6 Å². The van der Waals surface area contributed by atoms with Crippen LogP contribution in [0.25, 0.3) is 11.1 Å². The second-order valence-electron chi connectivity index (χ2n) is 14.5. The first-order valence-electron chi connectivity index (χ1n) is 20.7. The van der Waals surface area contributed by atoms with Crippen molar-refractivity contribution in [2.45, 2.75) is 32.5 Å². The van der Waals surface area contributed by atoms with Crippen LogP contribution in [0.3, 0.4) is 0 Å². The zero-order chi connectivity index (χ0) is 41.8. The second-order valence-corrected chi connectivity index (χ2v) is 14.5. The molecule has 1 aliphatic heterocycles. The molecule has 60 heavy (non-hydrogen) atoms. The molecule has 1 aromatic heterocycles. The van der Waals surface area contributed by atoms with Gasteiger partial charge in [-0.25, -0.2) is 13.8 Å². The quantitative estimate of drug-likeness (QED) is 0.0640. The van der Waals surface area contributed by atoms with Crippen molar-refractivity contribution in [1.82, 2.24) is 20.1 Å². The minimum atomic E-state index is -0.305.